The molecule has 2 aromatic rings. The minimum atomic E-state index is -0.239. The average Bonchev–Trinajstić information content (AvgIpc) is 2.69. The molecule has 0 bridgehead atoms. The highest BCUT2D eigenvalue weighted by Crippen LogP contribution is 2.18. The third kappa shape index (κ3) is 8.94. The molecule has 0 fully saturated rings. The SMILES string of the molecule is Cc1ccc(C)c(CCC(O)CCSCCC(O)CCc2cc(C)ccc2C)c1. The van der Waals surface area contributed by atoms with Crippen molar-refractivity contribution in [1.82, 2.24) is 0 Å². The van der Waals surface area contributed by atoms with Crippen LogP contribution in [0, 0.1) is 27.7 Å². The molecule has 2 unspecified atom stereocenters. The van der Waals surface area contributed by atoms with Crippen molar-refractivity contribution in [1.29, 1.82) is 0 Å². The van der Waals surface area contributed by atoms with Gasteiger partial charge >= 0.3 is 0 Å². The van der Waals surface area contributed by atoms with E-state index in [0.717, 1.165) is 50.0 Å². The predicted molar refractivity (Wildman–Crippen MR) is 127 cm³/mol. The van der Waals surface area contributed by atoms with E-state index in [4.69, 9.17) is 0 Å². The number of thioether (sulfide) groups is 1. The Bertz CT molecular complexity index is 693. The van der Waals surface area contributed by atoms with Gasteiger partial charge in [0.2, 0.25) is 0 Å². The lowest BCUT2D eigenvalue weighted by Crippen LogP contribution is -2.12. The third-order valence-corrected chi connectivity index (χ3v) is 6.74. The van der Waals surface area contributed by atoms with Crippen molar-refractivity contribution in [2.45, 2.75) is 78.4 Å². The zero-order chi connectivity index (χ0) is 21.2. The molecule has 0 radical (unpaired) electrons. The molecule has 0 saturated carbocycles. The lowest BCUT2D eigenvalue weighted by atomic mass is 9.99. The number of aliphatic hydroxyl groups is 2. The Morgan fingerprint density at radius 2 is 1.07 bits per heavy atom. The van der Waals surface area contributed by atoms with E-state index in [1.807, 2.05) is 11.8 Å². The topological polar surface area (TPSA) is 40.5 Å². The first-order valence-electron chi connectivity index (χ1n) is 10.9. The monoisotopic (exact) mass is 414 g/mol. The van der Waals surface area contributed by atoms with E-state index in [1.54, 1.807) is 0 Å². The molecular weight excluding hydrogens is 376 g/mol. The van der Waals surface area contributed by atoms with Crippen molar-refractivity contribution >= 4 is 11.8 Å². The highest BCUT2D eigenvalue weighted by molar-refractivity contribution is 7.99. The first-order chi connectivity index (χ1) is 13.8. The lowest BCUT2D eigenvalue weighted by Gasteiger charge is -2.14. The van der Waals surface area contributed by atoms with Gasteiger partial charge in [0.15, 0.2) is 0 Å². The third-order valence-electron chi connectivity index (χ3n) is 5.69. The van der Waals surface area contributed by atoms with Crippen LogP contribution in [0.1, 0.15) is 59.1 Å². The Balaban J connectivity index is 1.56. The summed E-state index contributed by atoms with van der Waals surface area (Å²) in [6.45, 7) is 8.52. The molecule has 2 atom stereocenters. The normalized spacial score (nSPS) is 13.4. The van der Waals surface area contributed by atoms with E-state index in [2.05, 4.69) is 64.1 Å². The fourth-order valence-corrected chi connectivity index (χ4v) is 4.69. The van der Waals surface area contributed by atoms with Gasteiger partial charge in [-0.2, -0.15) is 11.8 Å². The summed E-state index contributed by atoms with van der Waals surface area (Å²) in [5.74, 6) is 1.91. The smallest absolute Gasteiger partial charge is 0.0551 e. The molecule has 29 heavy (non-hydrogen) atoms. The summed E-state index contributed by atoms with van der Waals surface area (Å²) in [5, 5.41) is 20.6. The predicted octanol–water partition coefficient (Wildman–Crippen LogP) is 5.72. The molecule has 2 aromatic carbocycles. The molecule has 160 valence electrons. The zero-order valence-electron chi connectivity index (χ0n) is 18.6. The average molecular weight is 415 g/mol. The number of aliphatic hydroxyl groups excluding tert-OH is 2. The highest BCUT2D eigenvalue weighted by Gasteiger charge is 2.09. The maximum Gasteiger partial charge on any atom is 0.0551 e. The summed E-state index contributed by atoms with van der Waals surface area (Å²) in [6.07, 6.45) is 4.70. The quantitative estimate of drug-likeness (QED) is 0.436. The van der Waals surface area contributed by atoms with Crippen molar-refractivity contribution in [2.75, 3.05) is 11.5 Å². The summed E-state index contributed by atoms with van der Waals surface area (Å²) in [7, 11) is 0. The second-order valence-corrected chi connectivity index (χ2v) is 9.66. The van der Waals surface area contributed by atoms with E-state index in [0.29, 0.717) is 0 Å². The van der Waals surface area contributed by atoms with E-state index >= 15 is 0 Å². The van der Waals surface area contributed by atoms with Crippen LogP contribution in [0.3, 0.4) is 0 Å². The van der Waals surface area contributed by atoms with Gasteiger partial charge in [-0.3, -0.25) is 0 Å². The number of aryl methyl sites for hydroxylation is 6. The van der Waals surface area contributed by atoms with Gasteiger partial charge in [0.1, 0.15) is 0 Å². The van der Waals surface area contributed by atoms with Crippen LogP contribution in [0.15, 0.2) is 36.4 Å². The molecule has 0 heterocycles. The van der Waals surface area contributed by atoms with Crippen LogP contribution in [0.4, 0.5) is 0 Å². The zero-order valence-corrected chi connectivity index (χ0v) is 19.4. The van der Waals surface area contributed by atoms with Crippen molar-refractivity contribution in [3.05, 3.63) is 69.8 Å². The van der Waals surface area contributed by atoms with Crippen LogP contribution in [0.25, 0.3) is 0 Å². The Labute approximate surface area is 181 Å². The Morgan fingerprint density at radius 1 is 0.655 bits per heavy atom. The summed E-state index contributed by atoms with van der Waals surface area (Å²) in [6, 6.07) is 13.1. The first kappa shape index (κ1) is 24.0. The van der Waals surface area contributed by atoms with Crippen LogP contribution in [-0.4, -0.2) is 33.9 Å². The van der Waals surface area contributed by atoms with Crippen molar-refractivity contribution in [2.24, 2.45) is 0 Å². The van der Waals surface area contributed by atoms with E-state index in [-0.39, 0.29) is 12.2 Å². The summed E-state index contributed by atoms with van der Waals surface area (Å²) >= 11 is 1.84. The van der Waals surface area contributed by atoms with Gasteiger partial charge in [-0.05, 0) is 100.0 Å². The summed E-state index contributed by atoms with van der Waals surface area (Å²) in [5.41, 5.74) is 7.89. The molecule has 0 aromatic heterocycles. The van der Waals surface area contributed by atoms with Gasteiger partial charge < -0.3 is 10.2 Å². The number of rotatable bonds is 12. The van der Waals surface area contributed by atoms with E-state index in [9.17, 15) is 10.2 Å². The molecule has 0 aliphatic carbocycles. The highest BCUT2D eigenvalue weighted by atomic mass is 32.2. The van der Waals surface area contributed by atoms with Gasteiger partial charge in [-0.15, -0.1) is 0 Å². The summed E-state index contributed by atoms with van der Waals surface area (Å²) in [4.78, 5) is 0. The number of benzene rings is 2. The second-order valence-electron chi connectivity index (χ2n) is 8.43. The van der Waals surface area contributed by atoms with Crippen molar-refractivity contribution < 1.29 is 10.2 Å². The van der Waals surface area contributed by atoms with Gasteiger partial charge in [0.25, 0.3) is 0 Å². The number of hydrogen-bond donors (Lipinski definition) is 2. The Morgan fingerprint density at radius 3 is 1.48 bits per heavy atom. The minimum absolute atomic E-state index is 0.239. The van der Waals surface area contributed by atoms with Crippen LogP contribution in [0.5, 0.6) is 0 Å². The van der Waals surface area contributed by atoms with Crippen LogP contribution >= 0.6 is 11.8 Å². The lowest BCUT2D eigenvalue weighted by molar-refractivity contribution is 0.161. The molecule has 0 aliphatic heterocycles. The van der Waals surface area contributed by atoms with Crippen LogP contribution in [0.2, 0.25) is 0 Å². The summed E-state index contributed by atoms with van der Waals surface area (Å²) < 4.78 is 0. The molecule has 0 saturated heterocycles. The van der Waals surface area contributed by atoms with E-state index in [1.165, 1.54) is 33.4 Å². The molecule has 2 N–H and O–H groups in total. The number of hydrogen-bond acceptors (Lipinski definition) is 3. The molecule has 0 spiro atoms. The fourth-order valence-electron chi connectivity index (χ4n) is 3.61. The standard InChI is InChI=1S/C26H38O2S/c1-19-5-7-21(3)23(17-19)9-11-25(27)13-15-29-16-14-26(28)12-10-24-18-20(2)6-8-22(24)4/h5-8,17-18,25-28H,9-16H2,1-4H3. The maximum atomic E-state index is 10.3. The van der Waals surface area contributed by atoms with E-state index < -0.39 is 0 Å². The molecule has 2 rings (SSSR count). The van der Waals surface area contributed by atoms with Gasteiger partial charge in [0.05, 0.1) is 12.2 Å². The first-order valence-corrected chi connectivity index (χ1v) is 12.1. The maximum absolute atomic E-state index is 10.3. The Hall–Kier alpha value is -1.29. The molecule has 0 aliphatic rings. The van der Waals surface area contributed by atoms with Gasteiger partial charge in [-0.25, -0.2) is 0 Å². The molecular formula is C26H38O2S. The Kier molecular flexibility index (Phi) is 10.3. The molecule has 2 nitrogen and oxygen atoms in total. The van der Waals surface area contributed by atoms with Gasteiger partial charge in [0, 0.05) is 0 Å². The van der Waals surface area contributed by atoms with Crippen molar-refractivity contribution in [3.63, 3.8) is 0 Å². The van der Waals surface area contributed by atoms with Crippen LogP contribution in [-0.2, 0) is 12.8 Å². The molecule has 3 heteroatoms. The van der Waals surface area contributed by atoms with Crippen molar-refractivity contribution in [3.8, 4) is 0 Å². The molecule has 0 amide bonds. The fraction of sp³-hybridized carbons (Fsp3) is 0.538. The second kappa shape index (κ2) is 12.4. The largest absolute Gasteiger partial charge is 0.393 e. The van der Waals surface area contributed by atoms with Gasteiger partial charge in [-0.1, -0.05) is 47.5 Å². The van der Waals surface area contributed by atoms with Crippen LogP contribution < -0.4 is 0 Å². The minimum Gasteiger partial charge on any atom is -0.393 e.